The number of aliphatic hydroxyl groups is 1. The summed E-state index contributed by atoms with van der Waals surface area (Å²) in [5.41, 5.74) is 3.45. The van der Waals surface area contributed by atoms with Crippen LogP contribution in [0.1, 0.15) is 57.1 Å². The Labute approximate surface area is 151 Å². The van der Waals surface area contributed by atoms with Gasteiger partial charge in [0.25, 0.3) is 0 Å². The maximum Gasteiger partial charge on any atom is 0.0594 e. The fourth-order valence-electron chi connectivity index (χ4n) is 4.25. The van der Waals surface area contributed by atoms with Crippen molar-refractivity contribution in [3.8, 4) is 0 Å². The Morgan fingerprint density at radius 2 is 2.08 bits per heavy atom. The third-order valence-corrected chi connectivity index (χ3v) is 6.00. The molecular weight excluding hydrogens is 308 g/mol. The molecular formula is C22H32N2O. The van der Waals surface area contributed by atoms with Crippen LogP contribution in [0.5, 0.6) is 0 Å². The third-order valence-electron chi connectivity index (χ3n) is 6.00. The van der Waals surface area contributed by atoms with Crippen molar-refractivity contribution in [1.82, 2.24) is 9.88 Å². The molecule has 3 nitrogen and oxygen atoms in total. The van der Waals surface area contributed by atoms with E-state index in [1.807, 2.05) is 13.8 Å². The van der Waals surface area contributed by atoms with Gasteiger partial charge < -0.3 is 10.1 Å². The van der Waals surface area contributed by atoms with E-state index in [4.69, 9.17) is 0 Å². The zero-order valence-electron chi connectivity index (χ0n) is 15.7. The van der Waals surface area contributed by atoms with Gasteiger partial charge in [-0.25, -0.2) is 0 Å². The molecule has 0 spiro atoms. The second-order valence-electron chi connectivity index (χ2n) is 8.94. The van der Waals surface area contributed by atoms with Crippen molar-refractivity contribution >= 4 is 10.9 Å². The van der Waals surface area contributed by atoms with Gasteiger partial charge in [0.15, 0.2) is 0 Å². The van der Waals surface area contributed by atoms with E-state index in [-0.39, 0.29) is 0 Å². The molecule has 2 N–H and O–H groups in total. The fourth-order valence-corrected chi connectivity index (χ4v) is 4.25. The van der Waals surface area contributed by atoms with Crippen LogP contribution in [0.15, 0.2) is 24.4 Å². The Balaban J connectivity index is 1.49. The molecule has 1 saturated carbocycles. The van der Waals surface area contributed by atoms with Crippen molar-refractivity contribution < 1.29 is 5.11 Å². The van der Waals surface area contributed by atoms with E-state index in [0.29, 0.717) is 0 Å². The summed E-state index contributed by atoms with van der Waals surface area (Å²) in [7, 11) is 0. The number of hydrogen-bond donors (Lipinski definition) is 2. The largest absolute Gasteiger partial charge is 0.390 e. The summed E-state index contributed by atoms with van der Waals surface area (Å²) in [5.74, 6) is 0.983. The molecule has 25 heavy (non-hydrogen) atoms. The van der Waals surface area contributed by atoms with E-state index in [2.05, 4.69) is 34.3 Å². The molecule has 3 heteroatoms. The molecule has 2 aromatic rings. The van der Waals surface area contributed by atoms with Crippen molar-refractivity contribution in [2.24, 2.45) is 5.92 Å². The lowest BCUT2D eigenvalue weighted by Crippen LogP contribution is -2.32. The van der Waals surface area contributed by atoms with E-state index in [9.17, 15) is 5.11 Å². The van der Waals surface area contributed by atoms with Gasteiger partial charge in [-0.1, -0.05) is 6.07 Å². The van der Waals surface area contributed by atoms with E-state index >= 15 is 0 Å². The van der Waals surface area contributed by atoms with E-state index < -0.39 is 5.60 Å². The fraction of sp³-hybridized carbons (Fsp3) is 0.636. The minimum atomic E-state index is -0.594. The summed E-state index contributed by atoms with van der Waals surface area (Å²) in [6.07, 6.45) is 10.7. The Kier molecular flexibility index (Phi) is 4.63. The second-order valence-corrected chi connectivity index (χ2v) is 8.94. The molecule has 2 heterocycles. The molecule has 0 bridgehead atoms. The molecule has 1 aromatic carbocycles. The first kappa shape index (κ1) is 17.1. The number of aromatic nitrogens is 1. The average molecular weight is 341 g/mol. The first-order chi connectivity index (χ1) is 12.0. The Morgan fingerprint density at radius 3 is 2.84 bits per heavy atom. The van der Waals surface area contributed by atoms with Crippen LogP contribution in [-0.2, 0) is 12.8 Å². The molecule has 1 aliphatic heterocycles. The van der Waals surface area contributed by atoms with Crippen LogP contribution >= 0.6 is 0 Å². The Morgan fingerprint density at radius 1 is 1.24 bits per heavy atom. The van der Waals surface area contributed by atoms with Crippen molar-refractivity contribution in [3.63, 3.8) is 0 Å². The number of nitrogens with zero attached hydrogens (tertiary/aromatic N) is 1. The minimum Gasteiger partial charge on any atom is -0.390 e. The molecule has 2 aliphatic rings. The highest BCUT2D eigenvalue weighted by Gasteiger charge is 2.31. The zero-order chi connectivity index (χ0) is 17.4. The molecule has 1 saturated heterocycles. The molecule has 0 amide bonds. The van der Waals surface area contributed by atoms with Crippen molar-refractivity contribution in [2.45, 2.75) is 70.4 Å². The van der Waals surface area contributed by atoms with Crippen LogP contribution in [0.25, 0.3) is 10.9 Å². The van der Waals surface area contributed by atoms with Gasteiger partial charge in [0, 0.05) is 29.7 Å². The maximum absolute atomic E-state index is 9.99. The number of nitrogens with one attached hydrogen (secondary N) is 1. The predicted molar refractivity (Wildman–Crippen MR) is 104 cm³/mol. The number of H-pyrrole nitrogens is 1. The summed E-state index contributed by atoms with van der Waals surface area (Å²) < 4.78 is 0. The van der Waals surface area contributed by atoms with Gasteiger partial charge in [0.2, 0.25) is 0 Å². The van der Waals surface area contributed by atoms with Gasteiger partial charge in [-0.3, -0.25) is 4.90 Å². The topological polar surface area (TPSA) is 39.3 Å². The summed E-state index contributed by atoms with van der Waals surface area (Å²) in [6, 6.07) is 7.46. The summed E-state index contributed by atoms with van der Waals surface area (Å²) in [6.45, 7) is 6.40. The van der Waals surface area contributed by atoms with Gasteiger partial charge in [-0.2, -0.15) is 0 Å². The van der Waals surface area contributed by atoms with E-state index in [1.54, 1.807) is 0 Å². The SMILES string of the molecule is CC(C)(O)CCc1ccc2[nH]cc(C[C@H]3CCCN3CC3CC3)c2c1. The Bertz CT molecular complexity index is 723. The molecule has 1 aromatic heterocycles. The van der Waals surface area contributed by atoms with Crippen molar-refractivity contribution in [2.75, 3.05) is 13.1 Å². The second kappa shape index (κ2) is 6.77. The first-order valence-electron chi connectivity index (χ1n) is 10.0. The highest BCUT2D eigenvalue weighted by atomic mass is 16.3. The quantitative estimate of drug-likeness (QED) is 0.789. The van der Waals surface area contributed by atoms with Crippen molar-refractivity contribution in [3.05, 3.63) is 35.5 Å². The number of aryl methyl sites for hydroxylation is 1. The van der Waals surface area contributed by atoms with Crippen molar-refractivity contribution in [1.29, 1.82) is 0 Å². The average Bonchev–Trinajstić information content (AvgIpc) is 3.14. The van der Waals surface area contributed by atoms with Crippen LogP contribution in [0.2, 0.25) is 0 Å². The number of benzene rings is 1. The normalized spacial score (nSPS) is 22.1. The zero-order valence-corrected chi connectivity index (χ0v) is 15.7. The number of hydrogen-bond acceptors (Lipinski definition) is 2. The molecule has 1 atom stereocenters. The number of fused-ring (bicyclic) bond motifs is 1. The first-order valence-corrected chi connectivity index (χ1v) is 10.0. The van der Waals surface area contributed by atoms with Crippen LogP contribution in [-0.4, -0.2) is 39.7 Å². The van der Waals surface area contributed by atoms with Crippen LogP contribution < -0.4 is 0 Å². The number of rotatable bonds is 7. The van der Waals surface area contributed by atoms with Crippen LogP contribution in [0.4, 0.5) is 0 Å². The Hall–Kier alpha value is -1.32. The van der Waals surface area contributed by atoms with Gasteiger partial charge >= 0.3 is 0 Å². The molecule has 1 aliphatic carbocycles. The summed E-state index contributed by atoms with van der Waals surface area (Å²) >= 11 is 0. The molecule has 0 radical (unpaired) electrons. The third kappa shape index (κ3) is 4.27. The maximum atomic E-state index is 9.99. The van der Waals surface area contributed by atoms with Crippen LogP contribution in [0, 0.1) is 5.92 Å². The molecule has 0 unspecified atom stereocenters. The van der Waals surface area contributed by atoms with E-state index in [1.165, 1.54) is 67.2 Å². The highest BCUT2D eigenvalue weighted by molar-refractivity contribution is 5.84. The van der Waals surface area contributed by atoms with Gasteiger partial charge in [-0.05, 0) is 94.5 Å². The smallest absolute Gasteiger partial charge is 0.0594 e. The van der Waals surface area contributed by atoms with E-state index in [0.717, 1.165) is 24.8 Å². The van der Waals surface area contributed by atoms with Gasteiger partial charge in [0.05, 0.1) is 5.60 Å². The molecule has 4 rings (SSSR count). The minimum absolute atomic E-state index is 0.594. The lowest BCUT2D eigenvalue weighted by atomic mass is 9.96. The highest BCUT2D eigenvalue weighted by Crippen LogP contribution is 2.33. The molecule has 136 valence electrons. The lowest BCUT2D eigenvalue weighted by Gasteiger charge is -2.24. The number of likely N-dealkylation sites (tertiary alicyclic amines) is 1. The molecule has 2 fully saturated rings. The lowest BCUT2D eigenvalue weighted by molar-refractivity contribution is 0.0714. The summed E-state index contributed by atoms with van der Waals surface area (Å²) in [5, 5.41) is 11.4. The van der Waals surface area contributed by atoms with Crippen LogP contribution in [0.3, 0.4) is 0 Å². The van der Waals surface area contributed by atoms with Gasteiger partial charge in [-0.15, -0.1) is 0 Å². The number of aromatic amines is 1. The summed E-state index contributed by atoms with van der Waals surface area (Å²) in [4.78, 5) is 6.21. The monoisotopic (exact) mass is 340 g/mol. The van der Waals surface area contributed by atoms with Gasteiger partial charge in [0.1, 0.15) is 0 Å². The predicted octanol–water partition coefficient (Wildman–Crippen LogP) is 4.29. The standard InChI is InChI=1S/C22H32N2O/c1-22(2,25)10-9-16-7-8-21-20(12-16)18(14-23-21)13-19-4-3-11-24(19)15-17-5-6-17/h7-8,12,14,17,19,23,25H,3-6,9-11,13,15H2,1-2H3/t19-/m1/s1.